The largest absolute Gasteiger partial charge is 0.416 e. The molecule has 13 heteroatoms. The van der Waals surface area contributed by atoms with Crippen molar-refractivity contribution in [1.29, 1.82) is 0 Å². The van der Waals surface area contributed by atoms with Gasteiger partial charge in [0.25, 0.3) is 0 Å². The minimum absolute atomic E-state index is 0.00415. The Hall–Kier alpha value is -3.32. The number of likely N-dealkylation sites (N-methyl/N-ethyl adjacent to an activating group) is 1. The van der Waals surface area contributed by atoms with Crippen LogP contribution < -0.4 is 16.0 Å². The molecule has 2 heterocycles. The number of nitrogens with zero attached hydrogens (tertiary/aromatic N) is 5. The van der Waals surface area contributed by atoms with Gasteiger partial charge < -0.3 is 20.7 Å². The van der Waals surface area contributed by atoms with Crippen molar-refractivity contribution in [3.63, 3.8) is 0 Å². The van der Waals surface area contributed by atoms with E-state index in [1.807, 2.05) is 4.90 Å². The highest BCUT2D eigenvalue weighted by Crippen LogP contribution is 2.32. The molecule has 0 spiro atoms. The third-order valence-electron chi connectivity index (χ3n) is 7.23. The van der Waals surface area contributed by atoms with Crippen molar-refractivity contribution in [3.8, 4) is 11.3 Å². The molecule has 0 radical (unpaired) electrons. The molecule has 1 aliphatic carbocycles. The van der Waals surface area contributed by atoms with Crippen molar-refractivity contribution in [2.24, 2.45) is 11.7 Å². The first kappa shape index (κ1) is 27.7. The van der Waals surface area contributed by atoms with E-state index in [2.05, 4.69) is 25.4 Å². The molecule has 1 saturated carbocycles. The molecule has 1 saturated heterocycles. The van der Waals surface area contributed by atoms with Crippen LogP contribution in [0.25, 0.3) is 11.3 Å². The van der Waals surface area contributed by atoms with Crippen molar-refractivity contribution < 1.29 is 27.5 Å². The number of benzene rings is 1. The topological polar surface area (TPSA) is 127 Å². The van der Waals surface area contributed by atoms with Gasteiger partial charge in [-0.25, -0.2) is 4.98 Å². The number of nitrogens with two attached hydrogens (primary N) is 1. The molecule has 2 aromatic rings. The van der Waals surface area contributed by atoms with Crippen LogP contribution in [0.15, 0.2) is 30.5 Å². The van der Waals surface area contributed by atoms with Gasteiger partial charge >= 0.3 is 6.18 Å². The van der Waals surface area contributed by atoms with E-state index in [1.54, 1.807) is 7.05 Å². The van der Waals surface area contributed by atoms with Crippen LogP contribution in [0, 0.1) is 5.92 Å². The standard InChI is InChI=1S/C25H32F3N7O3/c1-30-21(36)15-38-19-8-4-17(5-9-19)22(23(29)37)34-10-12-35(13-11-34)24-32-20(14-31-33-24)16-2-6-18(7-3-16)25(26,27)28/h2-3,6-7,14,17,19,22H,4-5,8-13,15H2,1H3,(H2,29,37)(H,30,36)/t17-,19-,22?. The maximum Gasteiger partial charge on any atom is 0.416 e. The van der Waals surface area contributed by atoms with Crippen LogP contribution in [0.1, 0.15) is 31.2 Å². The zero-order valence-electron chi connectivity index (χ0n) is 21.2. The van der Waals surface area contributed by atoms with Gasteiger partial charge in [-0.2, -0.15) is 18.3 Å². The van der Waals surface area contributed by atoms with Gasteiger partial charge in [-0.1, -0.05) is 12.1 Å². The summed E-state index contributed by atoms with van der Waals surface area (Å²) in [6, 6.07) is 4.37. The predicted octanol–water partition coefficient (Wildman–Crippen LogP) is 1.85. The zero-order chi connectivity index (χ0) is 27.3. The number of aromatic nitrogens is 3. The molecule has 38 heavy (non-hydrogen) atoms. The highest BCUT2D eigenvalue weighted by Gasteiger charge is 2.37. The number of carbonyl (C=O) groups is 2. The van der Waals surface area contributed by atoms with E-state index in [4.69, 9.17) is 10.5 Å². The Morgan fingerprint density at radius 1 is 1.11 bits per heavy atom. The van der Waals surface area contributed by atoms with Crippen molar-refractivity contribution in [2.45, 2.75) is 44.0 Å². The van der Waals surface area contributed by atoms with Gasteiger partial charge in [0.05, 0.1) is 29.6 Å². The van der Waals surface area contributed by atoms with Crippen LogP contribution in [0.3, 0.4) is 0 Å². The number of alkyl halides is 3. The van der Waals surface area contributed by atoms with E-state index >= 15 is 0 Å². The van der Waals surface area contributed by atoms with Crippen LogP contribution in [0.4, 0.5) is 19.1 Å². The molecule has 1 aromatic carbocycles. The van der Waals surface area contributed by atoms with Crippen molar-refractivity contribution >= 4 is 17.8 Å². The minimum Gasteiger partial charge on any atom is -0.368 e. The number of rotatable bonds is 8. The summed E-state index contributed by atoms with van der Waals surface area (Å²) in [5.41, 5.74) is 6.04. The molecule has 1 aromatic heterocycles. The quantitative estimate of drug-likeness (QED) is 0.525. The SMILES string of the molecule is CNC(=O)CO[C@H]1CC[C@H](C(C(N)=O)N2CCN(c3nncc(-c4ccc(C(F)(F)F)cc4)n3)CC2)CC1. The van der Waals surface area contributed by atoms with Crippen LogP contribution in [0.2, 0.25) is 0 Å². The van der Waals surface area contributed by atoms with Crippen LogP contribution in [-0.2, 0) is 20.5 Å². The van der Waals surface area contributed by atoms with Crippen LogP contribution in [0.5, 0.6) is 0 Å². The summed E-state index contributed by atoms with van der Waals surface area (Å²) in [6.07, 6.45) is 0.109. The summed E-state index contributed by atoms with van der Waals surface area (Å²) in [4.78, 5) is 32.4. The zero-order valence-corrected chi connectivity index (χ0v) is 21.2. The number of primary amides is 1. The van der Waals surface area contributed by atoms with Crippen LogP contribution >= 0.6 is 0 Å². The fourth-order valence-corrected chi connectivity index (χ4v) is 5.14. The monoisotopic (exact) mass is 535 g/mol. The van der Waals surface area contributed by atoms with Crippen molar-refractivity contribution in [1.82, 2.24) is 25.4 Å². The summed E-state index contributed by atoms with van der Waals surface area (Å²) < 4.78 is 44.3. The molecule has 1 unspecified atom stereocenters. The molecule has 2 amide bonds. The Morgan fingerprint density at radius 2 is 1.76 bits per heavy atom. The third kappa shape index (κ3) is 6.76. The van der Waals surface area contributed by atoms with E-state index in [0.29, 0.717) is 43.4 Å². The fraction of sp³-hybridized carbons (Fsp3) is 0.560. The first-order chi connectivity index (χ1) is 18.2. The summed E-state index contributed by atoms with van der Waals surface area (Å²) in [7, 11) is 1.57. The van der Waals surface area contributed by atoms with E-state index in [0.717, 1.165) is 37.8 Å². The Labute approximate surface area is 218 Å². The molecule has 2 aliphatic rings. The average Bonchev–Trinajstić information content (AvgIpc) is 2.92. The normalized spacial score (nSPS) is 21.6. The van der Waals surface area contributed by atoms with Gasteiger partial charge in [0, 0.05) is 38.8 Å². The summed E-state index contributed by atoms with van der Waals surface area (Å²) in [5, 5.41) is 10.7. The van der Waals surface area contributed by atoms with E-state index in [9.17, 15) is 22.8 Å². The number of anilines is 1. The maximum atomic E-state index is 12.9. The number of piperazine rings is 1. The molecule has 3 N–H and O–H groups in total. The lowest BCUT2D eigenvalue weighted by atomic mass is 9.81. The lowest BCUT2D eigenvalue weighted by Crippen LogP contribution is -2.57. The lowest BCUT2D eigenvalue weighted by Gasteiger charge is -2.42. The molecule has 2 fully saturated rings. The first-order valence-corrected chi connectivity index (χ1v) is 12.6. The number of carbonyl (C=O) groups excluding carboxylic acids is 2. The van der Waals surface area contributed by atoms with E-state index in [1.165, 1.54) is 18.3 Å². The van der Waals surface area contributed by atoms with Crippen molar-refractivity contribution in [3.05, 3.63) is 36.0 Å². The number of ether oxygens (including phenoxy) is 1. The van der Waals surface area contributed by atoms with Gasteiger partial charge in [-0.3, -0.25) is 14.5 Å². The van der Waals surface area contributed by atoms with E-state index < -0.39 is 17.8 Å². The Morgan fingerprint density at radius 3 is 2.34 bits per heavy atom. The second-order valence-corrected chi connectivity index (χ2v) is 9.61. The molecule has 10 nitrogen and oxygen atoms in total. The fourth-order valence-electron chi connectivity index (χ4n) is 5.14. The number of nitrogens with one attached hydrogen (secondary N) is 1. The third-order valence-corrected chi connectivity index (χ3v) is 7.23. The maximum absolute atomic E-state index is 12.9. The predicted molar refractivity (Wildman–Crippen MR) is 133 cm³/mol. The highest BCUT2D eigenvalue weighted by molar-refractivity contribution is 5.80. The summed E-state index contributed by atoms with van der Waals surface area (Å²) in [6.45, 7) is 2.28. The van der Waals surface area contributed by atoms with Gasteiger partial charge in [-0.05, 0) is 43.7 Å². The molecule has 0 bridgehead atoms. The summed E-state index contributed by atoms with van der Waals surface area (Å²) >= 11 is 0. The first-order valence-electron chi connectivity index (χ1n) is 12.6. The number of hydrogen-bond donors (Lipinski definition) is 2. The Kier molecular flexibility index (Phi) is 8.77. The van der Waals surface area contributed by atoms with Crippen LogP contribution in [-0.4, -0.2) is 83.9 Å². The molecular weight excluding hydrogens is 503 g/mol. The smallest absolute Gasteiger partial charge is 0.368 e. The lowest BCUT2D eigenvalue weighted by molar-refractivity contribution is -0.137. The van der Waals surface area contributed by atoms with Gasteiger partial charge in [-0.15, -0.1) is 5.10 Å². The average molecular weight is 536 g/mol. The molecule has 4 rings (SSSR count). The second kappa shape index (κ2) is 12.0. The van der Waals surface area contributed by atoms with Gasteiger partial charge in [0.2, 0.25) is 17.8 Å². The number of halogens is 3. The number of hydrogen-bond acceptors (Lipinski definition) is 8. The van der Waals surface area contributed by atoms with E-state index in [-0.39, 0.29) is 30.4 Å². The molecule has 206 valence electrons. The minimum atomic E-state index is -4.41. The Bertz CT molecular complexity index is 1100. The number of amides is 2. The highest BCUT2D eigenvalue weighted by atomic mass is 19.4. The molecule has 1 atom stereocenters. The second-order valence-electron chi connectivity index (χ2n) is 9.61. The summed E-state index contributed by atoms with van der Waals surface area (Å²) in [5.74, 6) is -0.0225. The van der Waals surface area contributed by atoms with Gasteiger partial charge in [0.15, 0.2) is 0 Å². The van der Waals surface area contributed by atoms with Crippen molar-refractivity contribution in [2.75, 3.05) is 44.7 Å². The van der Waals surface area contributed by atoms with Gasteiger partial charge in [0.1, 0.15) is 6.61 Å². The molecular formula is C25H32F3N7O3. The molecule has 1 aliphatic heterocycles. The Balaban J connectivity index is 1.34.